The fourth-order valence-corrected chi connectivity index (χ4v) is 2.84. The molecule has 0 saturated heterocycles. The van der Waals surface area contributed by atoms with Gasteiger partial charge in [-0.1, -0.05) is 12.5 Å². The average Bonchev–Trinajstić information content (AvgIpc) is 2.67. The molecule has 2 amide bonds. The maximum absolute atomic E-state index is 12.4. The van der Waals surface area contributed by atoms with Crippen LogP contribution in [-0.2, 0) is 9.59 Å². The van der Waals surface area contributed by atoms with E-state index in [0.717, 1.165) is 23.6 Å². The quantitative estimate of drug-likeness (QED) is 0.155. The zero-order valence-electron chi connectivity index (χ0n) is 15.5. The van der Waals surface area contributed by atoms with Gasteiger partial charge in [0, 0.05) is 0 Å². The van der Waals surface area contributed by atoms with Crippen molar-refractivity contribution in [2.24, 2.45) is 11.5 Å². The SMILES string of the molecule is C[C@H](NC(=O)C(N)CCCCN)C(=O)N[C@@H](C)C(=O)c1cccc(SS)n1. The van der Waals surface area contributed by atoms with E-state index in [0.29, 0.717) is 18.0 Å². The summed E-state index contributed by atoms with van der Waals surface area (Å²) in [6.45, 7) is 3.65. The first kappa shape index (κ1) is 23.4. The van der Waals surface area contributed by atoms with Crippen molar-refractivity contribution in [2.75, 3.05) is 6.54 Å². The number of ketones is 1. The Balaban J connectivity index is 2.55. The van der Waals surface area contributed by atoms with E-state index in [9.17, 15) is 14.4 Å². The second-order valence-corrected chi connectivity index (χ2v) is 7.32. The molecule has 150 valence electrons. The van der Waals surface area contributed by atoms with Gasteiger partial charge in [-0.05, 0) is 56.2 Å². The molecule has 0 bridgehead atoms. The molecule has 27 heavy (non-hydrogen) atoms. The molecule has 0 aliphatic rings. The summed E-state index contributed by atoms with van der Waals surface area (Å²) >= 11 is 4.05. The molecule has 0 radical (unpaired) electrons. The van der Waals surface area contributed by atoms with Gasteiger partial charge in [-0.3, -0.25) is 14.4 Å². The smallest absolute Gasteiger partial charge is 0.242 e. The van der Waals surface area contributed by atoms with E-state index < -0.39 is 29.9 Å². The Morgan fingerprint density at radius 3 is 2.44 bits per heavy atom. The van der Waals surface area contributed by atoms with Crippen LogP contribution in [0.4, 0.5) is 0 Å². The minimum atomic E-state index is -0.819. The Morgan fingerprint density at radius 2 is 1.81 bits per heavy atom. The molecule has 1 unspecified atom stereocenters. The van der Waals surface area contributed by atoms with Crippen LogP contribution in [0.2, 0.25) is 0 Å². The van der Waals surface area contributed by atoms with Gasteiger partial charge in [0.05, 0.1) is 12.1 Å². The number of nitrogens with two attached hydrogens (primary N) is 2. The molecule has 1 aromatic heterocycles. The van der Waals surface area contributed by atoms with E-state index >= 15 is 0 Å². The third-order valence-corrected chi connectivity index (χ3v) is 4.86. The van der Waals surface area contributed by atoms with Crippen LogP contribution in [0.25, 0.3) is 0 Å². The van der Waals surface area contributed by atoms with E-state index in [1.165, 1.54) is 6.92 Å². The second-order valence-electron chi connectivity index (χ2n) is 6.17. The predicted molar refractivity (Wildman–Crippen MR) is 110 cm³/mol. The molecule has 0 fully saturated rings. The van der Waals surface area contributed by atoms with E-state index in [-0.39, 0.29) is 11.5 Å². The number of hydrogen-bond donors (Lipinski definition) is 5. The summed E-state index contributed by atoms with van der Waals surface area (Å²) in [6.07, 6.45) is 2.03. The van der Waals surface area contributed by atoms with E-state index in [1.807, 2.05) is 0 Å². The Labute approximate surface area is 168 Å². The summed E-state index contributed by atoms with van der Waals surface area (Å²) in [7, 11) is 1.12. The molecule has 3 atom stereocenters. The highest BCUT2D eigenvalue weighted by molar-refractivity contribution is 8.68. The van der Waals surface area contributed by atoms with Crippen molar-refractivity contribution in [3.8, 4) is 0 Å². The minimum Gasteiger partial charge on any atom is -0.344 e. The molecule has 10 heteroatoms. The molecule has 0 aromatic carbocycles. The van der Waals surface area contributed by atoms with Crippen molar-refractivity contribution < 1.29 is 14.4 Å². The van der Waals surface area contributed by atoms with Crippen LogP contribution in [0.1, 0.15) is 43.6 Å². The van der Waals surface area contributed by atoms with Crippen LogP contribution in [0.3, 0.4) is 0 Å². The highest BCUT2D eigenvalue weighted by atomic mass is 33.1. The average molecular weight is 414 g/mol. The second kappa shape index (κ2) is 12.0. The largest absolute Gasteiger partial charge is 0.344 e. The number of carbonyl (C=O) groups excluding carboxylic acids is 3. The third kappa shape index (κ3) is 7.87. The molecular weight excluding hydrogens is 386 g/mol. The Bertz CT molecular complexity index is 659. The van der Waals surface area contributed by atoms with Gasteiger partial charge in [-0.2, -0.15) is 0 Å². The summed E-state index contributed by atoms with van der Waals surface area (Å²) < 4.78 is 0. The first-order valence-electron chi connectivity index (χ1n) is 8.69. The topological polar surface area (TPSA) is 140 Å². The fraction of sp³-hybridized carbons (Fsp3) is 0.529. The molecule has 8 nitrogen and oxygen atoms in total. The summed E-state index contributed by atoms with van der Waals surface area (Å²) in [4.78, 5) is 40.9. The molecule has 0 saturated carbocycles. The molecule has 0 aliphatic carbocycles. The Morgan fingerprint density at radius 1 is 1.15 bits per heavy atom. The first-order valence-corrected chi connectivity index (χ1v) is 10.6. The predicted octanol–water partition coefficient (Wildman–Crippen LogP) is 0.667. The van der Waals surface area contributed by atoms with Crippen molar-refractivity contribution in [3.63, 3.8) is 0 Å². The maximum Gasteiger partial charge on any atom is 0.242 e. The summed E-state index contributed by atoms with van der Waals surface area (Å²) in [5.74, 6) is -1.21. The van der Waals surface area contributed by atoms with Gasteiger partial charge >= 0.3 is 0 Å². The number of nitrogens with zero attached hydrogens (tertiary/aromatic N) is 1. The standard InChI is InChI=1S/C17H27N5O3S2/c1-10(15(23)13-7-5-8-14(22-13)27-26)20-16(24)11(2)21-17(25)12(19)6-3-4-9-18/h5,7-8,10-12,26H,3-4,6,9,18-19H2,1-2H3,(H,20,24)(H,21,25)/t10-,11-,12?/m0/s1. The van der Waals surface area contributed by atoms with E-state index in [1.54, 1.807) is 25.1 Å². The summed E-state index contributed by atoms with van der Waals surface area (Å²) in [6, 6.07) is 2.69. The van der Waals surface area contributed by atoms with Crippen molar-refractivity contribution in [2.45, 2.75) is 56.3 Å². The number of nitrogens with one attached hydrogen (secondary N) is 2. The number of unbranched alkanes of at least 4 members (excludes halogenated alkanes) is 1. The normalized spacial score (nSPS) is 14.1. The van der Waals surface area contributed by atoms with Crippen molar-refractivity contribution in [1.82, 2.24) is 15.6 Å². The van der Waals surface area contributed by atoms with Crippen LogP contribution in [0.5, 0.6) is 0 Å². The molecule has 0 spiro atoms. The van der Waals surface area contributed by atoms with Gasteiger partial charge < -0.3 is 22.1 Å². The number of carbonyl (C=O) groups is 3. The van der Waals surface area contributed by atoms with Crippen LogP contribution >= 0.6 is 22.5 Å². The van der Waals surface area contributed by atoms with Crippen molar-refractivity contribution in [3.05, 3.63) is 23.9 Å². The first-order chi connectivity index (χ1) is 12.8. The summed E-state index contributed by atoms with van der Waals surface area (Å²) in [5.41, 5.74) is 11.4. The van der Waals surface area contributed by atoms with Crippen LogP contribution in [0.15, 0.2) is 23.2 Å². The zero-order chi connectivity index (χ0) is 20.4. The minimum absolute atomic E-state index is 0.237. The van der Waals surface area contributed by atoms with E-state index in [2.05, 4.69) is 27.3 Å². The number of hydrogen-bond acceptors (Lipinski definition) is 8. The van der Waals surface area contributed by atoms with Gasteiger partial charge in [0.15, 0.2) is 0 Å². The lowest BCUT2D eigenvalue weighted by Gasteiger charge is -2.19. The number of amides is 2. The Hall–Kier alpha value is -1.62. The highest BCUT2D eigenvalue weighted by Crippen LogP contribution is 2.18. The van der Waals surface area contributed by atoms with Crippen molar-refractivity contribution in [1.29, 1.82) is 0 Å². The lowest BCUT2D eigenvalue weighted by atomic mass is 10.1. The van der Waals surface area contributed by atoms with Crippen molar-refractivity contribution >= 4 is 40.1 Å². The van der Waals surface area contributed by atoms with Crippen LogP contribution in [-0.4, -0.2) is 47.3 Å². The highest BCUT2D eigenvalue weighted by Gasteiger charge is 2.24. The number of Topliss-reactive ketones (excluding diaryl/α,β-unsaturated/α-hetero) is 1. The lowest BCUT2D eigenvalue weighted by molar-refractivity contribution is -0.129. The van der Waals surface area contributed by atoms with Gasteiger partial charge in [-0.25, -0.2) is 4.98 Å². The van der Waals surface area contributed by atoms with Gasteiger partial charge in [0.2, 0.25) is 17.6 Å². The molecule has 1 rings (SSSR count). The monoisotopic (exact) mass is 413 g/mol. The number of aromatic nitrogens is 1. The van der Waals surface area contributed by atoms with E-state index in [4.69, 9.17) is 11.5 Å². The van der Waals surface area contributed by atoms with Gasteiger partial charge in [-0.15, -0.1) is 11.7 Å². The molecule has 1 aromatic rings. The molecule has 1 heterocycles. The zero-order valence-corrected chi connectivity index (χ0v) is 17.2. The molecular formula is C17H27N5O3S2. The van der Waals surface area contributed by atoms with Crippen LogP contribution in [0, 0.1) is 0 Å². The Kier molecular flexibility index (Phi) is 10.4. The summed E-state index contributed by atoms with van der Waals surface area (Å²) in [5, 5.41) is 5.74. The van der Waals surface area contributed by atoms with Gasteiger partial charge in [0.1, 0.15) is 16.8 Å². The lowest BCUT2D eigenvalue weighted by Crippen LogP contribution is -2.52. The molecule has 6 N–H and O–H groups in total. The fourth-order valence-electron chi connectivity index (χ4n) is 2.25. The van der Waals surface area contributed by atoms with Gasteiger partial charge in [0.25, 0.3) is 0 Å². The molecule has 0 aliphatic heterocycles. The maximum atomic E-state index is 12.4. The number of thiol groups is 1. The third-order valence-electron chi connectivity index (χ3n) is 3.88. The number of rotatable bonds is 11. The van der Waals surface area contributed by atoms with Crippen LogP contribution < -0.4 is 22.1 Å². The number of pyridine rings is 1.